The summed E-state index contributed by atoms with van der Waals surface area (Å²) in [5, 5.41) is 5.05. The Morgan fingerprint density at radius 2 is 1.92 bits per heavy atom. The first-order valence-electron chi connectivity index (χ1n) is 3.40. The van der Waals surface area contributed by atoms with Crippen molar-refractivity contribution in [2.75, 3.05) is 6.26 Å². The first-order chi connectivity index (χ1) is 5.15. The van der Waals surface area contributed by atoms with Crippen LogP contribution in [0.1, 0.15) is 11.4 Å². The monoisotopic (exact) mass is 297 g/mol. The number of nitrogens with zero attached hydrogens (tertiary/aromatic N) is 3. The van der Waals surface area contributed by atoms with Crippen LogP contribution in [0.15, 0.2) is 5.16 Å². The number of aryl methyl sites for hydroxylation is 2. The molecule has 68 valence electrons. The number of thioether (sulfide) groups is 1. The highest BCUT2D eigenvalue weighted by atomic mass is 127. The van der Waals surface area contributed by atoms with Crippen molar-refractivity contribution in [1.82, 2.24) is 10.1 Å². The Labute approximate surface area is 94.0 Å². The summed E-state index contributed by atoms with van der Waals surface area (Å²) in [6.07, 6.45) is 1.98. The standard InChI is InChI=1S/C7H12N3S.HI/c1-5-6(2)10(3)9-7(8-5)11-4;/h1-4H3;1H/q+1;/p-1. The van der Waals surface area contributed by atoms with Crippen molar-refractivity contribution in [2.24, 2.45) is 7.05 Å². The molecule has 0 unspecified atom stereocenters. The molecule has 1 aromatic heterocycles. The maximum atomic E-state index is 4.28. The van der Waals surface area contributed by atoms with E-state index in [1.54, 1.807) is 11.8 Å². The van der Waals surface area contributed by atoms with Gasteiger partial charge in [-0.1, -0.05) is 16.4 Å². The quantitative estimate of drug-likeness (QED) is 0.330. The zero-order chi connectivity index (χ0) is 8.43. The molecule has 5 heteroatoms. The molecule has 1 rings (SSSR count). The number of hydrogen-bond donors (Lipinski definition) is 0. The minimum absolute atomic E-state index is 0. The fourth-order valence-electron chi connectivity index (χ4n) is 0.771. The molecule has 0 bridgehead atoms. The van der Waals surface area contributed by atoms with Gasteiger partial charge in [0, 0.05) is 12.0 Å². The molecule has 1 aromatic rings. The smallest absolute Gasteiger partial charge is 0.254 e. The van der Waals surface area contributed by atoms with Crippen LogP contribution in [0.3, 0.4) is 0 Å². The van der Waals surface area contributed by atoms with Crippen molar-refractivity contribution in [3.8, 4) is 0 Å². The van der Waals surface area contributed by atoms with Crippen LogP contribution < -0.4 is 28.7 Å². The van der Waals surface area contributed by atoms with Gasteiger partial charge < -0.3 is 24.0 Å². The van der Waals surface area contributed by atoms with Gasteiger partial charge in [-0.15, -0.1) is 0 Å². The van der Waals surface area contributed by atoms with Gasteiger partial charge in [-0.25, -0.2) is 4.98 Å². The Morgan fingerprint density at radius 3 is 2.33 bits per heavy atom. The molecule has 0 radical (unpaired) electrons. The first kappa shape index (κ1) is 12.1. The highest BCUT2D eigenvalue weighted by molar-refractivity contribution is 7.98. The Kier molecular flexibility index (Phi) is 5.00. The normalized spacial score (nSPS) is 9.33. The second-order valence-corrected chi connectivity index (χ2v) is 3.17. The Balaban J connectivity index is 0.00000121. The Morgan fingerprint density at radius 1 is 1.33 bits per heavy atom. The lowest BCUT2D eigenvalue weighted by Gasteiger charge is -1.96. The molecule has 0 spiro atoms. The Hall–Kier alpha value is 0.0900. The van der Waals surface area contributed by atoms with Crippen LogP contribution in [-0.2, 0) is 7.05 Å². The zero-order valence-corrected chi connectivity index (χ0v) is 10.6. The molecular formula is C7H12IN3S. The zero-order valence-electron chi connectivity index (χ0n) is 7.63. The lowest BCUT2D eigenvalue weighted by atomic mass is 10.4. The average molecular weight is 297 g/mol. The second-order valence-electron chi connectivity index (χ2n) is 2.39. The molecule has 0 aliphatic heterocycles. The maximum absolute atomic E-state index is 4.28. The predicted octanol–water partition coefficient (Wildman–Crippen LogP) is -2.36. The van der Waals surface area contributed by atoms with Crippen molar-refractivity contribution >= 4 is 11.8 Å². The summed E-state index contributed by atoms with van der Waals surface area (Å²) in [6.45, 7) is 4.01. The number of halogens is 1. The molecule has 12 heavy (non-hydrogen) atoms. The van der Waals surface area contributed by atoms with E-state index in [-0.39, 0.29) is 24.0 Å². The van der Waals surface area contributed by atoms with Crippen LogP contribution in [0.2, 0.25) is 0 Å². The molecule has 0 amide bonds. The minimum atomic E-state index is 0. The van der Waals surface area contributed by atoms with E-state index in [9.17, 15) is 0 Å². The van der Waals surface area contributed by atoms with E-state index in [1.807, 2.05) is 31.8 Å². The van der Waals surface area contributed by atoms with Gasteiger partial charge >= 0.3 is 0 Å². The summed E-state index contributed by atoms with van der Waals surface area (Å²) in [7, 11) is 1.93. The van der Waals surface area contributed by atoms with Crippen LogP contribution in [0.4, 0.5) is 0 Å². The Bertz CT molecular complexity index is 254. The van der Waals surface area contributed by atoms with Crippen LogP contribution in [0, 0.1) is 13.8 Å². The average Bonchev–Trinajstić information content (AvgIpc) is 1.99. The first-order valence-corrected chi connectivity index (χ1v) is 4.63. The van der Waals surface area contributed by atoms with Gasteiger partial charge in [0.2, 0.25) is 5.69 Å². The SMILES string of the molecule is CSc1nc(C)c(C)[n+](C)n1.[I-]. The van der Waals surface area contributed by atoms with E-state index < -0.39 is 0 Å². The van der Waals surface area contributed by atoms with Crippen molar-refractivity contribution in [1.29, 1.82) is 0 Å². The molecule has 0 aliphatic rings. The fraction of sp³-hybridized carbons (Fsp3) is 0.571. The van der Waals surface area contributed by atoms with Crippen molar-refractivity contribution < 1.29 is 28.7 Å². The van der Waals surface area contributed by atoms with E-state index in [2.05, 4.69) is 10.1 Å². The molecule has 0 N–H and O–H groups in total. The number of hydrogen-bond acceptors (Lipinski definition) is 3. The third kappa shape index (κ3) is 2.55. The van der Waals surface area contributed by atoms with Gasteiger partial charge in [0.25, 0.3) is 5.16 Å². The number of aromatic nitrogens is 3. The molecule has 0 aromatic carbocycles. The number of rotatable bonds is 1. The summed E-state index contributed by atoms with van der Waals surface area (Å²) in [4.78, 5) is 4.28. The summed E-state index contributed by atoms with van der Waals surface area (Å²) < 4.78 is 1.86. The second kappa shape index (κ2) is 4.96. The van der Waals surface area contributed by atoms with Gasteiger partial charge in [0.1, 0.15) is 5.69 Å². The highest BCUT2D eigenvalue weighted by Gasteiger charge is 2.09. The van der Waals surface area contributed by atoms with Gasteiger partial charge in [0.05, 0.1) is 0 Å². The molecule has 3 nitrogen and oxygen atoms in total. The van der Waals surface area contributed by atoms with E-state index >= 15 is 0 Å². The van der Waals surface area contributed by atoms with E-state index in [1.165, 1.54) is 0 Å². The van der Waals surface area contributed by atoms with Gasteiger partial charge in [-0.2, -0.15) is 0 Å². The van der Waals surface area contributed by atoms with E-state index in [4.69, 9.17) is 0 Å². The van der Waals surface area contributed by atoms with Crippen molar-refractivity contribution in [3.63, 3.8) is 0 Å². The molecule has 0 saturated heterocycles. The van der Waals surface area contributed by atoms with Gasteiger partial charge in [-0.05, 0) is 13.2 Å². The summed E-state index contributed by atoms with van der Waals surface area (Å²) >= 11 is 1.56. The maximum Gasteiger partial charge on any atom is 0.254 e. The lowest BCUT2D eigenvalue weighted by molar-refractivity contribution is -0.741. The highest BCUT2D eigenvalue weighted by Crippen LogP contribution is 2.06. The molecule has 0 saturated carbocycles. The third-order valence-corrected chi connectivity index (χ3v) is 2.23. The van der Waals surface area contributed by atoms with Crippen LogP contribution in [0.25, 0.3) is 0 Å². The molecule has 0 fully saturated rings. The largest absolute Gasteiger partial charge is 1.00 e. The fourth-order valence-corrected chi connectivity index (χ4v) is 1.20. The summed E-state index contributed by atoms with van der Waals surface area (Å²) in [5.41, 5.74) is 2.16. The van der Waals surface area contributed by atoms with Crippen LogP contribution in [-0.4, -0.2) is 16.3 Å². The third-order valence-electron chi connectivity index (χ3n) is 1.69. The van der Waals surface area contributed by atoms with Crippen molar-refractivity contribution in [2.45, 2.75) is 19.0 Å². The van der Waals surface area contributed by atoms with Crippen LogP contribution in [0.5, 0.6) is 0 Å². The molecule has 1 heterocycles. The molecular weight excluding hydrogens is 285 g/mol. The van der Waals surface area contributed by atoms with E-state index in [0.29, 0.717) is 0 Å². The molecule has 0 aliphatic carbocycles. The van der Waals surface area contributed by atoms with Crippen LogP contribution >= 0.6 is 11.8 Å². The van der Waals surface area contributed by atoms with Gasteiger partial charge in [0.15, 0.2) is 7.05 Å². The summed E-state index contributed by atoms with van der Waals surface area (Å²) in [5.74, 6) is 0. The predicted molar refractivity (Wildman–Crippen MR) is 44.5 cm³/mol. The topological polar surface area (TPSA) is 29.7 Å². The van der Waals surface area contributed by atoms with Crippen molar-refractivity contribution in [3.05, 3.63) is 11.4 Å². The summed E-state index contributed by atoms with van der Waals surface area (Å²) in [6, 6.07) is 0. The molecule has 0 atom stereocenters. The van der Waals surface area contributed by atoms with E-state index in [0.717, 1.165) is 16.5 Å². The minimum Gasteiger partial charge on any atom is -1.00 e. The van der Waals surface area contributed by atoms with Gasteiger partial charge in [-0.3, -0.25) is 0 Å². The lowest BCUT2D eigenvalue weighted by Crippen LogP contribution is -3.00.